The third-order valence-electron chi connectivity index (χ3n) is 3.39. The third kappa shape index (κ3) is 3.17. The zero-order valence-corrected chi connectivity index (χ0v) is 12.8. The van der Waals surface area contributed by atoms with E-state index in [-0.39, 0.29) is 0 Å². The lowest BCUT2D eigenvalue weighted by Gasteiger charge is -2.19. The number of nitrogens with one attached hydrogen (secondary N) is 1. The molecule has 0 spiro atoms. The Bertz CT molecular complexity index is 661. The Labute approximate surface area is 127 Å². The van der Waals surface area contributed by atoms with E-state index in [0.29, 0.717) is 21.9 Å². The van der Waals surface area contributed by atoms with Gasteiger partial charge in [-0.1, -0.05) is 17.7 Å². The van der Waals surface area contributed by atoms with Gasteiger partial charge >= 0.3 is 0 Å². The fourth-order valence-corrected chi connectivity index (χ4v) is 2.53. The van der Waals surface area contributed by atoms with Crippen molar-refractivity contribution in [3.8, 4) is 5.75 Å². The van der Waals surface area contributed by atoms with Gasteiger partial charge < -0.3 is 10.1 Å². The number of rotatable bonds is 4. The van der Waals surface area contributed by atoms with Gasteiger partial charge in [0.2, 0.25) is 0 Å². The lowest BCUT2D eigenvalue weighted by Crippen LogP contribution is -2.19. The molecule has 0 radical (unpaired) electrons. The van der Waals surface area contributed by atoms with Crippen molar-refractivity contribution in [1.29, 1.82) is 0 Å². The van der Waals surface area contributed by atoms with E-state index >= 15 is 0 Å². The van der Waals surface area contributed by atoms with Crippen LogP contribution in [0.2, 0.25) is 5.02 Å². The van der Waals surface area contributed by atoms with Crippen LogP contribution in [0, 0.1) is 18.6 Å². The second kappa shape index (κ2) is 6.41. The normalized spacial score (nSPS) is 12.3. The highest BCUT2D eigenvalue weighted by molar-refractivity contribution is 6.32. The number of methoxy groups -OCH3 is 1. The van der Waals surface area contributed by atoms with Crippen LogP contribution in [0.1, 0.15) is 22.7 Å². The summed E-state index contributed by atoms with van der Waals surface area (Å²) >= 11 is 6.11. The number of benzene rings is 2. The van der Waals surface area contributed by atoms with Crippen LogP contribution in [0.5, 0.6) is 5.75 Å². The molecule has 0 bridgehead atoms. The molecule has 2 nitrogen and oxygen atoms in total. The molecule has 0 heterocycles. The van der Waals surface area contributed by atoms with Gasteiger partial charge in [0.05, 0.1) is 18.2 Å². The molecular weight excluding hydrogens is 296 g/mol. The summed E-state index contributed by atoms with van der Waals surface area (Å²) in [4.78, 5) is 0. The molecule has 0 amide bonds. The highest BCUT2D eigenvalue weighted by Gasteiger charge is 2.19. The largest absolute Gasteiger partial charge is 0.495 e. The maximum atomic E-state index is 14.1. The van der Waals surface area contributed by atoms with Crippen LogP contribution in [0.25, 0.3) is 0 Å². The van der Waals surface area contributed by atoms with Crippen LogP contribution < -0.4 is 10.1 Å². The smallest absolute Gasteiger partial charge is 0.137 e. The van der Waals surface area contributed by atoms with Crippen molar-refractivity contribution >= 4 is 11.6 Å². The van der Waals surface area contributed by atoms with Gasteiger partial charge in [-0.05, 0) is 43.3 Å². The third-order valence-corrected chi connectivity index (χ3v) is 3.68. The molecule has 1 unspecified atom stereocenters. The molecule has 5 heteroatoms. The zero-order valence-electron chi connectivity index (χ0n) is 12.0. The average molecular weight is 312 g/mol. The summed E-state index contributed by atoms with van der Waals surface area (Å²) in [6.07, 6.45) is 0. The average Bonchev–Trinajstić information content (AvgIpc) is 2.45. The first-order valence-electron chi connectivity index (χ1n) is 6.44. The first-order chi connectivity index (χ1) is 9.97. The summed E-state index contributed by atoms with van der Waals surface area (Å²) in [6, 6.07) is 7.21. The summed E-state index contributed by atoms with van der Waals surface area (Å²) in [7, 11) is 3.24. The highest BCUT2D eigenvalue weighted by Crippen LogP contribution is 2.31. The van der Waals surface area contributed by atoms with Gasteiger partial charge in [-0.25, -0.2) is 8.78 Å². The second-order valence-corrected chi connectivity index (χ2v) is 5.15. The lowest BCUT2D eigenvalue weighted by atomic mass is 9.96. The van der Waals surface area contributed by atoms with Crippen LogP contribution >= 0.6 is 11.6 Å². The molecular formula is C16H16ClF2NO. The van der Waals surface area contributed by atoms with Gasteiger partial charge in [-0.15, -0.1) is 0 Å². The molecule has 112 valence electrons. The molecule has 21 heavy (non-hydrogen) atoms. The summed E-state index contributed by atoms with van der Waals surface area (Å²) in [5, 5.41) is 3.46. The van der Waals surface area contributed by atoms with E-state index in [9.17, 15) is 8.78 Å². The Balaban J connectivity index is 2.49. The molecule has 2 aromatic carbocycles. The van der Waals surface area contributed by atoms with Gasteiger partial charge in [-0.2, -0.15) is 0 Å². The van der Waals surface area contributed by atoms with Crippen molar-refractivity contribution < 1.29 is 13.5 Å². The number of ether oxygens (including phenoxy) is 1. The van der Waals surface area contributed by atoms with Crippen molar-refractivity contribution in [2.24, 2.45) is 0 Å². The monoisotopic (exact) mass is 311 g/mol. The molecule has 0 fully saturated rings. The molecule has 1 N–H and O–H groups in total. The molecule has 1 atom stereocenters. The molecule has 0 aliphatic rings. The lowest BCUT2D eigenvalue weighted by molar-refractivity contribution is 0.414. The van der Waals surface area contributed by atoms with Crippen LogP contribution in [-0.4, -0.2) is 14.2 Å². The molecule has 2 rings (SSSR count). The Morgan fingerprint density at radius 1 is 1.14 bits per heavy atom. The molecule has 0 aliphatic carbocycles. The van der Waals surface area contributed by atoms with Crippen molar-refractivity contribution in [3.63, 3.8) is 0 Å². The van der Waals surface area contributed by atoms with Crippen molar-refractivity contribution in [2.75, 3.05) is 14.2 Å². The minimum atomic E-state index is -0.593. The number of hydrogen-bond donors (Lipinski definition) is 1. The summed E-state index contributed by atoms with van der Waals surface area (Å²) in [5.74, 6) is -0.603. The Morgan fingerprint density at radius 2 is 1.86 bits per heavy atom. The van der Waals surface area contributed by atoms with Crippen LogP contribution in [0.15, 0.2) is 30.3 Å². The number of aryl methyl sites for hydroxylation is 1. The predicted octanol–water partition coefficient (Wildman–Crippen LogP) is 4.24. The number of halogens is 3. The maximum absolute atomic E-state index is 14.1. The van der Waals surface area contributed by atoms with E-state index in [4.69, 9.17) is 16.3 Å². The quantitative estimate of drug-likeness (QED) is 0.911. The van der Waals surface area contributed by atoms with Crippen molar-refractivity contribution in [2.45, 2.75) is 13.0 Å². The van der Waals surface area contributed by atoms with Gasteiger partial charge in [0.25, 0.3) is 0 Å². The molecule has 0 aliphatic heterocycles. The van der Waals surface area contributed by atoms with Crippen molar-refractivity contribution in [3.05, 3.63) is 63.7 Å². The van der Waals surface area contributed by atoms with Crippen LogP contribution in [0.3, 0.4) is 0 Å². The standard InChI is InChI=1S/C16H16ClF2NO/c1-9-6-11(14(19)8-13(9)18)16(20-2)10-4-5-15(21-3)12(17)7-10/h4-8,16,20H,1-3H3. The molecule has 2 aromatic rings. The fraction of sp³-hybridized carbons (Fsp3) is 0.250. The SMILES string of the molecule is CNC(c1ccc(OC)c(Cl)c1)c1cc(C)c(F)cc1F. The van der Waals surface area contributed by atoms with Gasteiger partial charge in [-0.3, -0.25) is 0 Å². The van der Waals surface area contributed by atoms with Crippen molar-refractivity contribution in [1.82, 2.24) is 5.32 Å². The Kier molecular flexibility index (Phi) is 4.80. The minimum Gasteiger partial charge on any atom is -0.495 e. The summed E-state index contributed by atoms with van der Waals surface area (Å²) in [6.45, 7) is 1.60. The molecule has 0 aromatic heterocycles. The minimum absolute atomic E-state index is 0.373. The van der Waals surface area contributed by atoms with E-state index in [1.165, 1.54) is 13.2 Å². The Morgan fingerprint density at radius 3 is 2.43 bits per heavy atom. The number of hydrogen-bond acceptors (Lipinski definition) is 2. The topological polar surface area (TPSA) is 21.3 Å². The van der Waals surface area contributed by atoms with Gasteiger partial charge in [0, 0.05) is 11.6 Å². The fourth-order valence-electron chi connectivity index (χ4n) is 2.26. The van der Waals surface area contributed by atoms with E-state index in [1.54, 1.807) is 32.2 Å². The van der Waals surface area contributed by atoms with E-state index in [1.807, 2.05) is 0 Å². The zero-order chi connectivity index (χ0) is 15.6. The van der Waals surface area contributed by atoms with E-state index < -0.39 is 17.7 Å². The Hall–Kier alpha value is -1.65. The second-order valence-electron chi connectivity index (χ2n) is 4.74. The summed E-state index contributed by atoms with van der Waals surface area (Å²) in [5.41, 5.74) is 1.54. The van der Waals surface area contributed by atoms with E-state index in [0.717, 1.165) is 11.6 Å². The van der Waals surface area contributed by atoms with Gasteiger partial charge in [0.15, 0.2) is 0 Å². The van der Waals surface area contributed by atoms with E-state index in [2.05, 4.69) is 5.32 Å². The molecule has 0 saturated heterocycles. The summed E-state index contributed by atoms with van der Waals surface area (Å²) < 4.78 is 32.6. The van der Waals surface area contributed by atoms with Crippen LogP contribution in [0.4, 0.5) is 8.78 Å². The van der Waals surface area contributed by atoms with Gasteiger partial charge in [0.1, 0.15) is 17.4 Å². The van der Waals surface area contributed by atoms with Crippen LogP contribution in [-0.2, 0) is 0 Å². The highest BCUT2D eigenvalue weighted by atomic mass is 35.5. The first-order valence-corrected chi connectivity index (χ1v) is 6.82. The molecule has 0 saturated carbocycles. The first kappa shape index (κ1) is 15.7. The maximum Gasteiger partial charge on any atom is 0.137 e. The predicted molar refractivity (Wildman–Crippen MR) is 80.0 cm³/mol.